The van der Waals surface area contributed by atoms with Crippen LogP contribution in [0.25, 0.3) is 0 Å². The molecule has 3 nitrogen and oxygen atoms in total. The van der Waals surface area contributed by atoms with Crippen LogP contribution in [0.5, 0.6) is 0 Å². The summed E-state index contributed by atoms with van der Waals surface area (Å²) in [5, 5.41) is 10.1. The van der Waals surface area contributed by atoms with Gasteiger partial charge < -0.3 is 10.0 Å². The fraction of sp³-hybridized carbons (Fsp3) is 0.462. The number of hydrogen-bond donors (Lipinski definition) is 1. The Balaban J connectivity index is 2.06. The van der Waals surface area contributed by atoms with Gasteiger partial charge in [-0.05, 0) is 24.6 Å². The van der Waals surface area contributed by atoms with Gasteiger partial charge in [-0.2, -0.15) is 0 Å². The highest BCUT2D eigenvalue weighted by atomic mass is 35.5. The molecule has 1 amide bonds. The van der Waals surface area contributed by atoms with Crippen molar-refractivity contribution in [1.82, 2.24) is 4.90 Å². The number of halogens is 2. The fourth-order valence-electron chi connectivity index (χ4n) is 2.26. The van der Waals surface area contributed by atoms with Crippen LogP contribution >= 0.6 is 11.6 Å². The molecule has 0 aliphatic carbocycles. The Morgan fingerprint density at radius 3 is 2.78 bits per heavy atom. The Hall–Kier alpha value is -1.13. The SMILES string of the molecule is CCCC1(O)CN(C(=O)c2ccc(F)cc2Cl)C1. The third-order valence-corrected chi connectivity index (χ3v) is 3.45. The maximum Gasteiger partial charge on any atom is 0.255 e. The second-order valence-electron chi connectivity index (χ2n) is 4.76. The van der Waals surface area contributed by atoms with Gasteiger partial charge in [0.05, 0.1) is 29.3 Å². The van der Waals surface area contributed by atoms with Gasteiger partial charge in [0.25, 0.3) is 5.91 Å². The Morgan fingerprint density at radius 2 is 2.22 bits per heavy atom. The average molecular weight is 272 g/mol. The van der Waals surface area contributed by atoms with Crippen LogP contribution in [-0.4, -0.2) is 34.6 Å². The summed E-state index contributed by atoms with van der Waals surface area (Å²) in [6.07, 6.45) is 1.55. The van der Waals surface area contributed by atoms with Crippen LogP contribution in [0.3, 0.4) is 0 Å². The van der Waals surface area contributed by atoms with Crippen molar-refractivity contribution in [2.24, 2.45) is 0 Å². The third-order valence-electron chi connectivity index (χ3n) is 3.13. The van der Waals surface area contributed by atoms with E-state index in [9.17, 15) is 14.3 Å². The van der Waals surface area contributed by atoms with Crippen molar-refractivity contribution in [3.63, 3.8) is 0 Å². The quantitative estimate of drug-likeness (QED) is 0.917. The standard InChI is InChI=1S/C13H15ClFNO2/c1-2-5-13(18)7-16(8-13)12(17)10-4-3-9(15)6-11(10)14/h3-4,6,18H,2,5,7-8H2,1H3. The first-order valence-corrected chi connectivity index (χ1v) is 6.30. The molecule has 98 valence electrons. The lowest BCUT2D eigenvalue weighted by Crippen LogP contribution is -2.63. The molecule has 1 fully saturated rings. The first kappa shape index (κ1) is 13.3. The molecule has 1 heterocycles. The summed E-state index contributed by atoms with van der Waals surface area (Å²) in [5.41, 5.74) is -0.492. The van der Waals surface area contributed by atoms with E-state index in [2.05, 4.69) is 0 Å². The summed E-state index contributed by atoms with van der Waals surface area (Å²) >= 11 is 5.83. The fourth-order valence-corrected chi connectivity index (χ4v) is 2.51. The number of hydrogen-bond acceptors (Lipinski definition) is 2. The molecule has 2 rings (SSSR count). The van der Waals surface area contributed by atoms with E-state index in [1.165, 1.54) is 17.0 Å². The number of carbonyl (C=O) groups excluding carboxylic acids is 1. The minimum Gasteiger partial charge on any atom is -0.386 e. The molecule has 18 heavy (non-hydrogen) atoms. The van der Waals surface area contributed by atoms with Crippen molar-refractivity contribution in [3.05, 3.63) is 34.6 Å². The van der Waals surface area contributed by atoms with Gasteiger partial charge in [0, 0.05) is 0 Å². The smallest absolute Gasteiger partial charge is 0.255 e. The number of rotatable bonds is 3. The van der Waals surface area contributed by atoms with Gasteiger partial charge in [-0.1, -0.05) is 24.9 Å². The predicted octanol–water partition coefficient (Wildman–Crippen LogP) is 2.47. The molecule has 1 saturated heterocycles. The zero-order chi connectivity index (χ0) is 13.3. The number of aliphatic hydroxyl groups is 1. The number of nitrogens with zero attached hydrogens (tertiary/aromatic N) is 1. The summed E-state index contributed by atoms with van der Waals surface area (Å²) in [6.45, 7) is 2.61. The highest BCUT2D eigenvalue weighted by Gasteiger charge is 2.43. The van der Waals surface area contributed by atoms with E-state index < -0.39 is 11.4 Å². The summed E-state index contributed by atoms with van der Waals surface area (Å²) < 4.78 is 12.9. The molecule has 0 spiro atoms. The minimum atomic E-state index is -0.767. The monoisotopic (exact) mass is 271 g/mol. The van der Waals surface area contributed by atoms with Crippen LogP contribution in [0.1, 0.15) is 30.1 Å². The van der Waals surface area contributed by atoms with Crippen molar-refractivity contribution in [3.8, 4) is 0 Å². The van der Waals surface area contributed by atoms with E-state index >= 15 is 0 Å². The highest BCUT2D eigenvalue weighted by molar-refractivity contribution is 6.33. The number of carbonyl (C=O) groups is 1. The molecule has 0 unspecified atom stereocenters. The van der Waals surface area contributed by atoms with Crippen LogP contribution in [-0.2, 0) is 0 Å². The normalized spacial score (nSPS) is 17.4. The molecule has 5 heteroatoms. The molecular formula is C13H15ClFNO2. The molecule has 1 N–H and O–H groups in total. The first-order chi connectivity index (χ1) is 8.45. The van der Waals surface area contributed by atoms with Crippen molar-refractivity contribution in [2.45, 2.75) is 25.4 Å². The first-order valence-electron chi connectivity index (χ1n) is 5.92. The molecule has 0 atom stereocenters. The van der Waals surface area contributed by atoms with Crippen molar-refractivity contribution >= 4 is 17.5 Å². The van der Waals surface area contributed by atoms with E-state index in [1.54, 1.807) is 0 Å². The van der Waals surface area contributed by atoms with Gasteiger partial charge in [-0.3, -0.25) is 4.79 Å². The summed E-state index contributed by atoms with van der Waals surface area (Å²) in [4.78, 5) is 13.6. The minimum absolute atomic E-state index is 0.103. The van der Waals surface area contributed by atoms with Gasteiger partial charge >= 0.3 is 0 Å². The molecule has 1 aliphatic rings. The number of β-amino-alcohol motifs (C(OH)–C–C–N with tert-alkyl or cyclic N) is 1. The molecular weight excluding hydrogens is 257 g/mol. The largest absolute Gasteiger partial charge is 0.386 e. The van der Waals surface area contributed by atoms with Gasteiger partial charge in [0.2, 0.25) is 0 Å². The molecule has 0 aromatic heterocycles. The van der Waals surface area contributed by atoms with Crippen LogP contribution in [0.4, 0.5) is 4.39 Å². The van der Waals surface area contributed by atoms with E-state index in [4.69, 9.17) is 11.6 Å². The second-order valence-corrected chi connectivity index (χ2v) is 5.17. The maximum absolute atomic E-state index is 12.9. The number of likely N-dealkylation sites (tertiary alicyclic amines) is 1. The summed E-state index contributed by atoms with van der Waals surface area (Å²) in [6, 6.07) is 3.70. The maximum atomic E-state index is 12.9. The molecule has 0 bridgehead atoms. The van der Waals surface area contributed by atoms with Crippen LogP contribution in [0, 0.1) is 5.82 Å². The number of benzene rings is 1. The van der Waals surface area contributed by atoms with Crippen LogP contribution < -0.4 is 0 Å². The Kier molecular flexibility index (Phi) is 3.59. The lowest BCUT2D eigenvalue weighted by molar-refractivity contribution is -0.0860. The molecule has 0 radical (unpaired) electrons. The Morgan fingerprint density at radius 1 is 1.56 bits per heavy atom. The summed E-state index contributed by atoms with van der Waals surface area (Å²) in [5.74, 6) is -0.733. The second kappa shape index (κ2) is 4.86. The van der Waals surface area contributed by atoms with Gasteiger partial charge in [0.15, 0.2) is 0 Å². The Bertz CT molecular complexity index is 472. The molecule has 1 aliphatic heterocycles. The summed E-state index contributed by atoms with van der Waals surface area (Å²) in [7, 11) is 0. The van der Waals surface area contributed by atoms with Gasteiger partial charge in [-0.25, -0.2) is 4.39 Å². The number of amides is 1. The lowest BCUT2D eigenvalue weighted by atomic mass is 9.89. The predicted molar refractivity (Wildman–Crippen MR) is 67.2 cm³/mol. The Labute approximate surface area is 110 Å². The zero-order valence-electron chi connectivity index (χ0n) is 10.1. The van der Waals surface area contributed by atoms with Gasteiger partial charge in [-0.15, -0.1) is 0 Å². The van der Waals surface area contributed by atoms with E-state index in [-0.39, 0.29) is 16.5 Å². The van der Waals surface area contributed by atoms with E-state index in [1.807, 2.05) is 6.92 Å². The molecule has 1 aromatic carbocycles. The zero-order valence-corrected chi connectivity index (χ0v) is 10.9. The molecule has 1 aromatic rings. The molecule has 0 saturated carbocycles. The highest BCUT2D eigenvalue weighted by Crippen LogP contribution is 2.29. The lowest BCUT2D eigenvalue weighted by Gasteiger charge is -2.46. The van der Waals surface area contributed by atoms with E-state index in [0.717, 1.165) is 12.5 Å². The average Bonchev–Trinajstić information content (AvgIpc) is 2.25. The van der Waals surface area contributed by atoms with Crippen LogP contribution in [0.2, 0.25) is 5.02 Å². The topological polar surface area (TPSA) is 40.5 Å². The van der Waals surface area contributed by atoms with Crippen molar-refractivity contribution in [2.75, 3.05) is 13.1 Å². The third kappa shape index (κ3) is 2.49. The van der Waals surface area contributed by atoms with E-state index in [0.29, 0.717) is 19.5 Å². The van der Waals surface area contributed by atoms with Crippen LogP contribution in [0.15, 0.2) is 18.2 Å². The van der Waals surface area contributed by atoms with Crippen molar-refractivity contribution in [1.29, 1.82) is 0 Å². The van der Waals surface area contributed by atoms with Crippen molar-refractivity contribution < 1.29 is 14.3 Å². The van der Waals surface area contributed by atoms with Gasteiger partial charge in [0.1, 0.15) is 5.82 Å².